The Morgan fingerprint density at radius 2 is 1.77 bits per heavy atom. The average molecular weight is 403 g/mol. The zero-order chi connectivity index (χ0) is 19.7. The molecule has 0 bridgehead atoms. The minimum atomic E-state index is -4.07. The fourth-order valence-corrected chi connectivity index (χ4v) is 2.63. The molecule has 6 N–H and O–H groups in total. The molecule has 0 aromatic heterocycles. The topological polar surface area (TPSA) is 192 Å². The molecule has 0 aliphatic carbocycles. The lowest BCUT2D eigenvalue weighted by Crippen LogP contribution is -2.59. The average Bonchev–Trinajstić information content (AvgIpc) is 2.57. The number of rotatable bonds is 10. The maximum Gasteiger partial charge on any atom is 0.407 e. The van der Waals surface area contributed by atoms with Crippen molar-refractivity contribution in [2.24, 2.45) is 0 Å². The van der Waals surface area contributed by atoms with Crippen LogP contribution in [0.1, 0.15) is 12.8 Å². The maximum absolute atomic E-state index is 11.3. The van der Waals surface area contributed by atoms with Crippen molar-refractivity contribution in [3.05, 3.63) is 0 Å². The third-order valence-electron chi connectivity index (χ3n) is 3.50. The van der Waals surface area contributed by atoms with Crippen LogP contribution in [0.3, 0.4) is 0 Å². The van der Waals surface area contributed by atoms with Crippen LogP contribution < -0.4 is 5.32 Å². The van der Waals surface area contributed by atoms with Gasteiger partial charge in [0.1, 0.15) is 24.4 Å². The van der Waals surface area contributed by atoms with Gasteiger partial charge in [-0.15, -0.1) is 0 Å². The van der Waals surface area contributed by atoms with Gasteiger partial charge in [-0.3, -0.25) is 4.55 Å². The summed E-state index contributed by atoms with van der Waals surface area (Å²) in [5, 5.41) is 40.3. The number of alkyl carbamates (subject to hydrolysis) is 1. The first-order valence-corrected chi connectivity index (χ1v) is 9.54. The highest BCUT2D eigenvalue weighted by molar-refractivity contribution is 7.85. The smallest absolute Gasteiger partial charge is 0.407 e. The molecule has 0 spiro atoms. The van der Waals surface area contributed by atoms with Gasteiger partial charge in [-0.1, -0.05) is 0 Å². The van der Waals surface area contributed by atoms with Gasteiger partial charge in [-0.25, -0.2) is 4.79 Å². The normalized spacial score (nSPS) is 29.3. The summed E-state index contributed by atoms with van der Waals surface area (Å²) in [6, 6.07) is 0. The zero-order valence-electron chi connectivity index (χ0n) is 13.9. The van der Waals surface area contributed by atoms with Crippen LogP contribution in [-0.2, 0) is 24.3 Å². The van der Waals surface area contributed by atoms with E-state index in [0.717, 1.165) is 0 Å². The number of nitrogens with one attached hydrogen (secondary N) is 1. The fourth-order valence-electron chi connectivity index (χ4n) is 2.12. The Morgan fingerprint density at radius 1 is 1.08 bits per heavy atom. The van der Waals surface area contributed by atoms with E-state index in [1.807, 2.05) is 0 Å². The molecule has 2 unspecified atom stereocenters. The van der Waals surface area contributed by atoms with Crippen molar-refractivity contribution in [2.75, 3.05) is 32.1 Å². The second-order valence-corrected chi connectivity index (χ2v) is 7.20. The summed E-state index contributed by atoms with van der Waals surface area (Å²) < 4.78 is 44.6. The number of ether oxygens (including phenoxy) is 3. The standard InChI is InChI=1S/C13H25NO11S/c15-7-8-9(16)10(17)11(18)12(25-8)23-4-2-5-24-13(19)14-3-1-6-26(20,21)22/h8-12,15-18H,1-7H2,(H,14,19)(H,20,21,22)/t8?,9-,10+,11-,12?/m1/s1. The van der Waals surface area contributed by atoms with Crippen molar-refractivity contribution in [1.82, 2.24) is 5.32 Å². The predicted octanol–water partition coefficient (Wildman–Crippen LogP) is -2.80. The summed E-state index contributed by atoms with van der Waals surface area (Å²) in [4.78, 5) is 11.3. The quantitative estimate of drug-likeness (QED) is 0.163. The van der Waals surface area contributed by atoms with Gasteiger partial charge >= 0.3 is 6.09 Å². The van der Waals surface area contributed by atoms with E-state index >= 15 is 0 Å². The molecule has 1 aliphatic rings. The molecule has 1 amide bonds. The zero-order valence-corrected chi connectivity index (χ0v) is 14.7. The number of amides is 1. The molecule has 26 heavy (non-hydrogen) atoms. The van der Waals surface area contributed by atoms with Crippen molar-refractivity contribution in [3.63, 3.8) is 0 Å². The summed E-state index contributed by atoms with van der Waals surface area (Å²) in [7, 11) is -4.07. The van der Waals surface area contributed by atoms with Crippen LogP contribution in [0.4, 0.5) is 4.79 Å². The molecule has 1 saturated heterocycles. The predicted molar refractivity (Wildman–Crippen MR) is 84.7 cm³/mol. The maximum atomic E-state index is 11.3. The van der Waals surface area contributed by atoms with Crippen molar-refractivity contribution >= 4 is 16.2 Å². The number of hydrogen-bond acceptors (Lipinski definition) is 10. The molecular weight excluding hydrogens is 378 g/mol. The summed E-state index contributed by atoms with van der Waals surface area (Å²) in [5.41, 5.74) is 0. The minimum Gasteiger partial charge on any atom is -0.449 e. The van der Waals surface area contributed by atoms with E-state index in [2.05, 4.69) is 5.32 Å². The number of hydrogen-bond donors (Lipinski definition) is 6. The molecule has 0 aromatic rings. The van der Waals surface area contributed by atoms with E-state index < -0.39 is 59.3 Å². The van der Waals surface area contributed by atoms with Gasteiger partial charge < -0.3 is 40.0 Å². The van der Waals surface area contributed by atoms with E-state index in [-0.39, 0.29) is 32.6 Å². The van der Waals surface area contributed by atoms with Gasteiger partial charge in [-0.2, -0.15) is 8.42 Å². The molecule has 1 rings (SSSR count). The monoisotopic (exact) mass is 403 g/mol. The highest BCUT2D eigenvalue weighted by atomic mass is 32.2. The molecule has 1 aliphatic heterocycles. The molecular formula is C13H25NO11S. The van der Waals surface area contributed by atoms with Crippen LogP contribution >= 0.6 is 0 Å². The van der Waals surface area contributed by atoms with Crippen LogP contribution in [-0.4, -0.2) is 102 Å². The second-order valence-electron chi connectivity index (χ2n) is 5.62. The SMILES string of the molecule is O=C(NCCCS(=O)(=O)O)OCCCOC1OC(CO)[C@@H](O)[C@H](O)[C@H]1O. The van der Waals surface area contributed by atoms with Gasteiger partial charge in [0.25, 0.3) is 10.1 Å². The van der Waals surface area contributed by atoms with Crippen LogP contribution in [0, 0.1) is 0 Å². The van der Waals surface area contributed by atoms with Crippen LogP contribution in [0.5, 0.6) is 0 Å². The number of aliphatic hydroxyl groups excluding tert-OH is 4. The summed E-state index contributed by atoms with van der Waals surface area (Å²) in [6.07, 6.45) is -7.32. The fraction of sp³-hybridized carbons (Fsp3) is 0.923. The third-order valence-corrected chi connectivity index (χ3v) is 4.31. The highest BCUT2D eigenvalue weighted by Crippen LogP contribution is 2.21. The van der Waals surface area contributed by atoms with Crippen LogP contribution in [0.2, 0.25) is 0 Å². The Bertz CT molecular complexity index is 526. The summed E-state index contributed by atoms with van der Waals surface area (Å²) in [6.45, 7) is -0.591. The van der Waals surface area contributed by atoms with Crippen molar-refractivity contribution in [3.8, 4) is 0 Å². The molecule has 5 atom stereocenters. The van der Waals surface area contributed by atoms with E-state index in [1.165, 1.54) is 0 Å². The van der Waals surface area contributed by atoms with E-state index in [9.17, 15) is 28.5 Å². The molecule has 0 aromatic carbocycles. The van der Waals surface area contributed by atoms with Crippen molar-refractivity contribution < 1.29 is 52.4 Å². The van der Waals surface area contributed by atoms with Gasteiger partial charge in [-0.05, 0) is 6.42 Å². The molecule has 154 valence electrons. The molecule has 0 radical (unpaired) electrons. The summed E-state index contributed by atoms with van der Waals surface area (Å²) >= 11 is 0. The first kappa shape index (κ1) is 23.0. The molecule has 1 fully saturated rings. The van der Waals surface area contributed by atoms with Gasteiger partial charge in [0.15, 0.2) is 6.29 Å². The molecule has 12 nitrogen and oxygen atoms in total. The van der Waals surface area contributed by atoms with Crippen LogP contribution in [0.15, 0.2) is 0 Å². The first-order valence-electron chi connectivity index (χ1n) is 7.93. The molecule has 0 saturated carbocycles. The minimum absolute atomic E-state index is 0.00126. The summed E-state index contributed by atoms with van der Waals surface area (Å²) in [5.74, 6) is -0.472. The van der Waals surface area contributed by atoms with Gasteiger partial charge in [0.05, 0.1) is 25.6 Å². The van der Waals surface area contributed by atoms with Gasteiger partial charge in [0.2, 0.25) is 0 Å². The Morgan fingerprint density at radius 3 is 2.38 bits per heavy atom. The lowest BCUT2D eigenvalue weighted by molar-refractivity contribution is -0.301. The number of aliphatic hydroxyl groups is 4. The lowest BCUT2D eigenvalue weighted by Gasteiger charge is -2.39. The molecule has 13 heteroatoms. The van der Waals surface area contributed by atoms with E-state index in [1.54, 1.807) is 0 Å². The largest absolute Gasteiger partial charge is 0.449 e. The first-order chi connectivity index (χ1) is 12.2. The number of carbonyl (C=O) groups excluding carboxylic acids is 1. The Balaban J connectivity index is 2.15. The van der Waals surface area contributed by atoms with Crippen LogP contribution in [0.25, 0.3) is 0 Å². The van der Waals surface area contributed by atoms with E-state index in [0.29, 0.717) is 0 Å². The second kappa shape index (κ2) is 10.9. The van der Waals surface area contributed by atoms with Crippen molar-refractivity contribution in [2.45, 2.75) is 43.5 Å². The highest BCUT2D eigenvalue weighted by Gasteiger charge is 2.43. The third kappa shape index (κ3) is 8.09. The Labute approximate surface area is 150 Å². The molecule has 1 heterocycles. The van der Waals surface area contributed by atoms with Gasteiger partial charge in [0, 0.05) is 13.0 Å². The van der Waals surface area contributed by atoms with Crippen molar-refractivity contribution in [1.29, 1.82) is 0 Å². The lowest BCUT2D eigenvalue weighted by atomic mass is 9.99. The Kier molecular flexibility index (Phi) is 9.67. The Hall–Kier alpha value is -1.06. The van der Waals surface area contributed by atoms with E-state index in [4.69, 9.17) is 23.9 Å². The number of carbonyl (C=O) groups is 1.